The lowest BCUT2D eigenvalue weighted by atomic mass is 10.1. The number of nitrogens with one attached hydrogen (secondary N) is 3. The van der Waals surface area contributed by atoms with Gasteiger partial charge in [0.15, 0.2) is 6.61 Å². The van der Waals surface area contributed by atoms with Crippen LogP contribution in [0, 0.1) is 13.8 Å². The van der Waals surface area contributed by atoms with Crippen LogP contribution in [0.2, 0.25) is 0 Å². The number of anilines is 2. The molecule has 0 aliphatic carbocycles. The standard InChI is InChI=1S/C29H32N4O5/c1-4-5-14-37-25-12-10-23(11-13-25)32-28(35)29(36)33-30-18-22-8-6-7-9-26(22)38-19-27(34)31-24-16-20(2)15-21(3)17-24/h6-13,15-18H,4-5,14,19H2,1-3H3,(H,31,34)(H,32,35)(H,33,36)/b30-18-. The second-order valence-electron chi connectivity index (χ2n) is 8.63. The summed E-state index contributed by atoms with van der Waals surface area (Å²) in [6.45, 7) is 6.41. The molecule has 0 fully saturated rings. The van der Waals surface area contributed by atoms with Gasteiger partial charge in [-0.05, 0) is 79.9 Å². The Bertz CT molecular complexity index is 1270. The zero-order valence-corrected chi connectivity index (χ0v) is 21.7. The lowest BCUT2D eigenvalue weighted by Gasteiger charge is -2.10. The molecule has 0 aliphatic rings. The molecule has 0 atom stereocenters. The maximum Gasteiger partial charge on any atom is 0.329 e. The fourth-order valence-corrected chi connectivity index (χ4v) is 3.47. The van der Waals surface area contributed by atoms with E-state index in [-0.39, 0.29) is 12.5 Å². The average Bonchev–Trinajstić information content (AvgIpc) is 2.88. The van der Waals surface area contributed by atoms with Crippen molar-refractivity contribution < 1.29 is 23.9 Å². The molecule has 3 amide bonds. The maximum atomic E-state index is 12.3. The SMILES string of the molecule is CCCCOc1ccc(NC(=O)C(=O)N/N=C\c2ccccc2OCC(=O)Nc2cc(C)cc(C)c2)cc1. The van der Waals surface area contributed by atoms with Crippen LogP contribution in [0.25, 0.3) is 0 Å². The van der Waals surface area contributed by atoms with E-state index in [2.05, 4.69) is 28.1 Å². The quantitative estimate of drug-likeness (QED) is 0.149. The van der Waals surface area contributed by atoms with Crippen molar-refractivity contribution >= 4 is 35.3 Å². The Hall–Kier alpha value is -4.66. The number of aryl methyl sites for hydroxylation is 2. The van der Waals surface area contributed by atoms with E-state index in [0.717, 1.165) is 24.0 Å². The van der Waals surface area contributed by atoms with Gasteiger partial charge in [-0.15, -0.1) is 0 Å². The van der Waals surface area contributed by atoms with Crippen LogP contribution in [-0.4, -0.2) is 37.1 Å². The number of ether oxygens (including phenoxy) is 2. The monoisotopic (exact) mass is 516 g/mol. The number of benzene rings is 3. The minimum atomic E-state index is -0.934. The molecule has 0 heterocycles. The van der Waals surface area contributed by atoms with Crippen molar-refractivity contribution in [3.8, 4) is 11.5 Å². The van der Waals surface area contributed by atoms with E-state index in [4.69, 9.17) is 9.47 Å². The van der Waals surface area contributed by atoms with Crippen molar-refractivity contribution in [1.29, 1.82) is 0 Å². The first kappa shape index (κ1) is 27.9. The Balaban J connectivity index is 1.49. The number of carbonyl (C=O) groups is 3. The molecular formula is C29H32N4O5. The number of hydrazone groups is 1. The van der Waals surface area contributed by atoms with Crippen LogP contribution in [0.1, 0.15) is 36.5 Å². The number of hydrogen-bond acceptors (Lipinski definition) is 6. The summed E-state index contributed by atoms with van der Waals surface area (Å²) in [5.41, 5.74) is 5.95. The Labute approximate surface area is 222 Å². The van der Waals surface area contributed by atoms with Gasteiger partial charge >= 0.3 is 11.8 Å². The number of nitrogens with zero attached hydrogens (tertiary/aromatic N) is 1. The number of rotatable bonds is 11. The molecule has 38 heavy (non-hydrogen) atoms. The normalized spacial score (nSPS) is 10.6. The topological polar surface area (TPSA) is 118 Å². The van der Waals surface area contributed by atoms with Crippen LogP contribution in [0.4, 0.5) is 11.4 Å². The van der Waals surface area contributed by atoms with Crippen LogP contribution in [0.15, 0.2) is 71.8 Å². The maximum absolute atomic E-state index is 12.3. The molecule has 0 bridgehead atoms. The van der Waals surface area contributed by atoms with Crippen LogP contribution in [0.5, 0.6) is 11.5 Å². The van der Waals surface area contributed by atoms with Gasteiger partial charge in [-0.25, -0.2) is 5.43 Å². The van der Waals surface area contributed by atoms with Gasteiger partial charge in [0.1, 0.15) is 11.5 Å². The Kier molecular flexibility index (Phi) is 10.4. The van der Waals surface area contributed by atoms with E-state index in [0.29, 0.717) is 35.0 Å². The van der Waals surface area contributed by atoms with Crippen LogP contribution in [-0.2, 0) is 14.4 Å². The molecule has 0 aromatic heterocycles. The van der Waals surface area contributed by atoms with Gasteiger partial charge in [0.2, 0.25) is 0 Å². The molecular weight excluding hydrogens is 484 g/mol. The number of para-hydroxylation sites is 1. The fraction of sp³-hybridized carbons (Fsp3) is 0.241. The van der Waals surface area contributed by atoms with Gasteiger partial charge in [-0.3, -0.25) is 14.4 Å². The number of amides is 3. The fourth-order valence-electron chi connectivity index (χ4n) is 3.47. The van der Waals surface area contributed by atoms with Gasteiger partial charge in [0.05, 0.1) is 12.8 Å². The molecule has 0 spiro atoms. The summed E-state index contributed by atoms with van der Waals surface area (Å²) < 4.78 is 11.2. The third-order valence-corrected chi connectivity index (χ3v) is 5.24. The third kappa shape index (κ3) is 9.09. The van der Waals surface area contributed by atoms with Gasteiger partial charge in [-0.1, -0.05) is 31.5 Å². The summed E-state index contributed by atoms with van der Waals surface area (Å²) in [6, 6.07) is 19.4. The highest BCUT2D eigenvalue weighted by atomic mass is 16.5. The minimum absolute atomic E-state index is 0.213. The zero-order chi connectivity index (χ0) is 27.3. The van der Waals surface area contributed by atoms with Crippen LogP contribution >= 0.6 is 0 Å². The van der Waals surface area contributed by atoms with E-state index in [1.807, 2.05) is 32.0 Å². The molecule has 9 heteroatoms. The molecule has 0 unspecified atom stereocenters. The highest BCUT2D eigenvalue weighted by molar-refractivity contribution is 6.39. The largest absolute Gasteiger partial charge is 0.494 e. The second kappa shape index (κ2) is 14.2. The molecule has 0 saturated heterocycles. The van der Waals surface area contributed by atoms with E-state index in [9.17, 15) is 14.4 Å². The molecule has 0 saturated carbocycles. The van der Waals surface area contributed by atoms with Crippen molar-refractivity contribution in [1.82, 2.24) is 5.43 Å². The lowest BCUT2D eigenvalue weighted by molar-refractivity contribution is -0.136. The van der Waals surface area contributed by atoms with Crippen molar-refractivity contribution in [3.63, 3.8) is 0 Å². The summed E-state index contributed by atoms with van der Waals surface area (Å²) in [5.74, 6) is -1.03. The minimum Gasteiger partial charge on any atom is -0.494 e. The predicted octanol–water partition coefficient (Wildman–Crippen LogP) is 4.59. The summed E-state index contributed by atoms with van der Waals surface area (Å²) >= 11 is 0. The summed E-state index contributed by atoms with van der Waals surface area (Å²) in [6.07, 6.45) is 3.33. The van der Waals surface area contributed by atoms with E-state index < -0.39 is 11.8 Å². The van der Waals surface area contributed by atoms with Crippen molar-refractivity contribution in [2.24, 2.45) is 5.10 Å². The molecule has 3 aromatic rings. The first-order valence-corrected chi connectivity index (χ1v) is 12.3. The Morgan fingerprint density at radius 1 is 0.842 bits per heavy atom. The molecule has 9 nitrogen and oxygen atoms in total. The third-order valence-electron chi connectivity index (χ3n) is 5.24. The van der Waals surface area contributed by atoms with Gasteiger partial charge < -0.3 is 20.1 Å². The van der Waals surface area contributed by atoms with Crippen molar-refractivity contribution in [2.45, 2.75) is 33.6 Å². The first-order valence-electron chi connectivity index (χ1n) is 12.3. The summed E-state index contributed by atoms with van der Waals surface area (Å²) in [4.78, 5) is 36.7. The Morgan fingerprint density at radius 3 is 2.26 bits per heavy atom. The van der Waals surface area contributed by atoms with E-state index in [1.54, 1.807) is 48.5 Å². The second-order valence-corrected chi connectivity index (χ2v) is 8.63. The predicted molar refractivity (Wildman–Crippen MR) is 148 cm³/mol. The number of carbonyl (C=O) groups excluding carboxylic acids is 3. The molecule has 0 aliphatic heterocycles. The smallest absolute Gasteiger partial charge is 0.329 e. The lowest BCUT2D eigenvalue weighted by Crippen LogP contribution is -2.32. The van der Waals surface area contributed by atoms with E-state index in [1.165, 1.54) is 6.21 Å². The van der Waals surface area contributed by atoms with Gasteiger partial charge in [0, 0.05) is 16.9 Å². The number of unbranched alkanes of at least 4 members (excludes halogenated alkanes) is 1. The molecule has 3 aromatic carbocycles. The summed E-state index contributed by atoms with van der Waals surface area (Å²) in [5, 5.41) is 9.17. The van der Waals surface area contributed by atoms with Crippen molar-refractivity contribution in [3.05, 3.63) is 83.4 Å². The van der Waals surface area contributed by atoms with Crippen LogP contribution < -0.4 is 25.5 Å². The van der Waals surface area contributed by atoms with Gasteiger partial charge in [-0.2, -0.15) is 5.10 Å². The highest BCUT2D eigenvalue weighted by Gasteiger charge is 2.13. The molecule has 198 valence electrons. The summed E-state index contributed by atoms with van der Waals surface area (Å²) in [7, 11) is 0. The van der Waals surface area contributed by atoms with E-state index >= 15 is 0 Å². The highest BCUT2D eigenvalue weighted by Crippen LogP contribution is 2.18. The number of hydrogen-bond donors (Lipinski definition) is 3. The van der Waals surface area contributed by atoms with Gasteiger partial charge in [0.25, 0.3) is 5.91 Å². The molecule has 0 radical (unpaired) electrons. The average molecular weight is 517 g/mol. The first-order chi connectivity index (χ1) is 18.3. The van der Waals surface area contributed by atoms with Crippen LogP contribution in [0.3, 0.4) is 0 Å². The Morgan fingerprint density at radius 2 is 1.55 bits per heavy atom. The molecule has 3 rings (SSSR count). The van der Waals surface area contributed by atoms with Crippen molar-refractivity contribution in [2.75, 3.05) is 23.8 Å². The zero-order valence-electron chi connectivity index (χ0n) is 21.7. The molecule has 3 N–H and O–H groups in total.